The molecule has 0 unspecified atom stereocenters. The van der Waals surface area contributed by atoms with Crippen LogP contribution in [-0.2, 0) is 10.0 Å². The van der Waals surface area contributed by atoms with E-state index in [2.05, 4.69) is 19.8 Å². The molecule has 3 aromatic heterocycles. The van der Waals surface area contributed by atoms with Crippen molar-refractivity contribution in [2.45, 2.75) is 6.42 Å². The summed E-state index contributed by atoms with van der Waals surface area (Å²) in [7, 11) is -3.96. The van der Waals surface area contributed by atoms with E-state index in [0.29, 0.717) is 21.8 Å². The molecule has 0 saturated carbocycles. The van der Waals surface area contributed by atoms with Crippen LogP contribution in [0.15, 0.2) is 60.9 Å². The van der Waals surface area contributed by atoms with E-state index in [1.165, 1.54) is 35.3 Å². The molecule has 5 aromatic rings. The van der Waals surface area contributed by atoms with E-state index in [1.54, 1.807) is 24.3 Å². The number of pyridine rings is 1. The Morgan fingerprint density at radius 1 is 1.15 bits per heavy atom. The highest BCUT2D eigenvalue weighted by Crippen LogP contribution is 2.33. The molecule has 0 aliphatic carbocycles. The van der Waals surface area contributed by atoms with Gasteiger partial charge in [0, 0.05) is 23.2 Å². The Balaban J connectivity index is 1.39. The van der Waals surface area contributed by atoms with E-state index < -0.39 is 34.1 Å². The van der Waals surface area contributed by atoms with Gasteiger partial charge in [-0.15, -0.1) is 0 Å². The number of nitrogen functional groups attached to an aromatic ring is 1. The zero-order valence-corrected chi connectivity index (χ0v) is 23.2. The number of aromatic nitrogens is 4. The summed E-state index contributed by atoms with van der Waals surface area (Å²) in [6, 6.07) is 11.7. The molecule has 10 nitrogen and oxygen atoms in total. The molecule has 0 fully saturated rings. The summed E-state index contributed by atoms with van der Waals surface area (Å²) in [5, 5.41) is 5.05. The van der Waals surface area contributed by atoms with Crippen LogP contribution in [0, 0.1) is 5.82 Å². The van der Waals surface area contributed by atoms with Crippen molar-refractivity contribution in [1.29, 1.82) is 0 Å². The number of halogens is 4. The number of nitrogens with two attached hydrogens (primary N) is 1. The van der Waals surface area contributed by atoms with Crippen LogP contribution in [0.1, 0.15) is 22.5 Å². The summed E-state index contributed by atoms with van der Waals surface area (Å²) in [5.74, 6) is -1.36. The highest BCUT2D eigenvalue weighted by Gasteiger charge is 2.22. The number of carbonyl (C=O) groups is 1. The SMILES string of the molecule is Nc1c(C(=O)c2cc3cc(F)c(NS(=O)(=O)CCCF)cc3[nH]2)cnn1-c1ccc(Oc2ncccc2Cl)cc1Cl. The van der Waals surface area contributed by atoms with Crippen LogP contribution in [0.5, 0.6) is 11.6 Å². The molecule has 4 N–H and O–H groups in total. The first-order valence-electron chi connectivity index (χ1n) is 11.9. The van der Waals surface area contributed by atoms with Gasteiger partial charge in [-0.2, -0.15) is 5.10 Å². The first kappa shape index (κ1) is 28.3. The molecule has 0 radical (unpaired) electrons. The van der Waals surface area contributed by atoms with Crippen LogP contribution >= 0.6 is 23.2 Å². The number of sulfonamides is 1. The second kappa shape index (κ2) is 11.4. The minimum atomic E-state index is -3.96. The second-order valence-corrected chi connectivity index (χ2v) is 11.4. The molecule has 3 heterocycles. The normalized spacial score (nSPS) is 11.6. The maximum Gasteiger partial charge on any atom is 0.238 e. The average molecular weight is 621 g/mol. The van der Waals surface area contributed by atoms with E-state index >= 15 is 0 Å². The number of aromatic amines is 1. The zero-order chi connectivity index (χ0) is 29.3. The maximum atomic E-state index is 14.6. The molecule has 0 saturated heterocycles. The number of benzene rings is 2. The van der Waals surface area contributed by atoms with Gasteiger partial charge in [0.1, 0.15) is 22.4 Å². The number of nitrogens with one attached hydrogen (secondary N) is 2. The molecule has 212 valence electrons. The van der Waals surface area contributed by atoms with Gasteiger partial charge in [0.25, 0.3) is 0 Å². The number of ketones is 1. The number of anilines is 2. The van der Waals surface area contributed by atoms with Crippen LogP contribution in [0.3, 0.4) is 0 Å². The Hall–Kier alpha value is -4.20. The third-order valence-electron chi connectivity index (χ3n) is 5.90. The minimum Gasteiger partial charge on any atom is -0.437 e. The number of nitrogens with zero attached hydrogens (tertiary/aromatic N) is 3. The number of rotatable bonds is 10. The average Bonchev–Trinajstić information content (AvgIpc) is 3.51. The largest absolute Gasteiger partial charge is 0.437 e. The summed E-state index contributed by atoms with van der Waals surface area (Å²) in [6.45, 7) is -0.822. The van der Waals surface area contributed by atoms with E-state index in [-0.39, 0.29) is 45.6 Å². The molecule has 2 aromatic carbocycles. The number of hydrogen-bond donors (Lipinski definition) is 3. The van der Waals surface area contributed by atoms with Crippen molar-refractivity contribution in [3.63, 3.8) is 0 Å². The molecule has 0 atom stereocenters. The number of fused-ring (bicyclic) bond motifs is 1. The molecular formula is C26H20Cl2F2N6O4S. The van der Waals surface area contributed by atoms with E-state index in [4.69, 9.17) is 33.7 Å². The lowest BCUT2D eigenvalue weighted by Gasteiger charge is -2.10. The molecule has 15 heteroatoms. The third kappa shape index (κ3) is 5.97. The fourth-order valence-electron chi connectivity index (χ4n) is 3.97. The molecule has 0 aliphatic heterocycles. The minimum absolute atomic E-state index is 0.00973. The lowest BCUT2D eigenvalue weighted by molar-refractivity contribution is 0.103. The Morgan fingerprint density at radius 3 is 2.68 bits per heavy atom. The van der Waals surface area contributed by atoms with Crippen molar-refractivity contribution >= 4 is 61.4 Å². The van der Waals surface area contributed by atoms with E-state index in [1.807, 2.05) is 0 Å². The lowest BCUT2D eigenvalue weighted by Crippen LogP contribution is -2.17. The highest BCUT2D eigenvalue weighted by atomic mass is 35.5. The second-order valence-electron chi connectivity index (χ2n) is 8.76. The van der Waals surface area contributed by atoms with E-state index in [9.17, 15) is 22.0 Å². The van der Waals surface area contributed by atoms with Crippen molar-refractivity contribution in [3.05, 3.63) is 88.0 Å². The fraction of sp³-hybridized carbons (Fsp3) is 0.115. The summed E-state index contributed by atoms with van der Waals surface area (Å²) in [4.78, 5) is 20.2. The molecule has 0 spiro atoms. The topological polar surface area (TPSA) is 145 Å². The molecule has 5 rings (SSSR count). The van der Waals surface area contributed by atoms with Crippen LogP contribution in [0.25, 0.3) is 16.6 Å². The van der Waals surface area contributed by atoms with Gasteiger partial charge < -0.3 is 15.5 Å². The molecule has 0 aliphatic rings. The first-order valence-corrected chi connectivity index (χ1v) is 14.3. The van der Waals surface area contributed by atoms with Crippen LogP contribution in [0.4, 0.5) is 20.3 Å². The quantitative estimate of drug-likeness (QED) is 0.165. The van der Waals surface area contributed by atoms with E-state index in [0.717, 1.165) is 6.07 Å². The van der Waals surface area contributed by atoms with Gasteiger partial charge in [-0.3, -0.25) is 13.9 Å². The number of ether oxygens (including phenoxy) is 1. The van der Waals surface area contributed by atoms with Crippen molar-refractivity contribution in [1.82, 2.24) is 19.7 Å². The van der Waals surface area contributed by atoms with Gasteiger partial charge >= 0.3 is 0 Å². The van der Waals surface area contributed by atoms with Gasteiger partial charge in [0.2, 0.25) is 21.7 Å². The smallest absolute Gasteiger partial charge is 0.238 e. The lowest BCUT2D eigenvalue weighted by atomic mass is 10.1. The van der Waals surface area contributed by atoms with Crippen LogP contribution in [-0.4, -0.2) is 46.4 Å². The Kier molecular flexibility index (Phi) is 7.84. The number of carbonyl (C=O) groups excluding carboxylic acids is 1. The molecule has 41 heavy (non-hydrogen) atoms. The summed E-state index contributed by atoms with van der Waals surface area (Å²) < 4.78 is 60.2. The molecular weight excluding hydrogens is 601 g/mol. The third-order valence-corrected chi connectivity index (χ3v) is 7.85. The van der Waals surface area contributed by atoms with Crippen molar-refractivity contribution in [2.75, 3.05) is 22.9 Å². The number of H-pyrrole nitrogens is 1. The zero-order valence-electron chi connectivity index (χ0n) is 20.9. The van der Waals surface area contributed by atoms with Gasteiger partial charge in [0.15, 0.2) is 0 Å². The predicted octanol–water partition coefficient (Wildman–Crippen LogP) is 5.90. The standard InChI is InChI=1S/C26H20Cl2F2N6O4S/c27-17-3-1-7-32-26(17)40-15-4-5-23(18(28)11-15)36-25(31)16(13-33-36)24(37)22-10-14-9-19(30)21(12-20(14)34-22)35-41(38,39)8-2-6-29/h1,3-5,7,9-13,34-35H,2,6,8,31H2. The Bertz CT molecular complexity index is 1890. The summed E-state index contributed by atoms with van der Waals surface area (Å²) in [5.41, 5.74) is 6.68. The van der Waals surface area contributed by atoms with Crippen molar-refractivity contribution in [2.24, 2.45) is 0 Å². The number of hydrogen-bond acceptors (Lipinski definition) is 7. The molecule has 0 bridgehead atoms. The van der Waals surface area contributed by atoms with Gasteiger partial charge in [0.05, 0.1) is 46.3 Å². The van der Waals surface area contributed by atoms with Crippen molar-refractivity contribution in [3.8, 4) is 17.3 Å². The first-order chi connectivity index (χ1) is 19.6. The summed E-state index contributed by atoms with van der Waals surface area (Å²) in [6.07, 6.45) is 2.57. The number of alkyl halides is 1. The van der Waals surface area contributed by atoms with Crippen LogP contribution < -0.4 is 15.2 Å². The monoisotopic (exact) mass is 620 g/mol. The summed E-state index contributed by atoms with van der Waals surface area (Å²) >= 11 is 12.5. The van der Waals surface area contributed by atoms with Gasteiger partial charge in [-0.25, -0.2) is 22.5 Å². The maximum absolute atomic E-state index is 14.6. The predicted molar refractivity (Wildman–Crippen MR) is 152 cm³/mol. The molecule has 0 amide bonds. The van der Waals surface area contributed by atoms with Crippen LogP contribution in [0.2, 0.25) is 10.0 Å². The Morgan fingerprint density at radius 2 is 1.95 bits per heavy atom. The fourth-order valence-corrected chi connectivity index (χ4v) is 5.46. The highest BCUT2D eigenvalue weighted by molar-refractivity contribution is 7.92. The van der Waals surface area contributed by atoms with Gasteiger partial charge in [-0.05, 0) is 48.9 Å². The van der Waals surface area contributed by atoms with Gasteiger partial charge in [-0.1, -0.05) is 23.2 Å². The Labute approximate surface area is 242 Å². The van der Waals surface area contributed by atoms with Crippen molar-refractivity contribution < 1.29 is 26.7 Å².